The highest BCUT2D eigenvalue weighted by atomic mass is 16.2. The van der Waals surface area contributed by atoms with E-state index in [0.717, 1.165) is 16.5 Å². The molecule has 0 saturated heterocycles. The highest BCUT2D eigenvalue weighted by molar-refractivity contribution is 6.02. The van der Waals surface area contributed by atoms with Crippen LogP contribution in [0.4, 0.5) is 0 Å². The van der Waals surface area contributed by atoms with Gasteiger partial charge in [-0.2, -0.15) is 0 Å². The average molecular weight is 387 g/mol. The number of benzene rings is 1. The van der Waals surface area contributed by atoms with Gasteiger partial charge in [0.2, 0.25) is 5.82 Å². The van der Waals surface area contributed by atoms with Gasteiger partial charge in [0, 0.05) is 36.4 Å². The molecule has 0 saturated carbocycles. The molecule has 0 unspecified atom stereocenters. The lowest BCUT2D eigenvalue weighted by molar-refractivity contribution is 0.0943. The molecule has 0 atom stereocenters. The van der Waals surface area contributed by atoms with E-state index in [4.69, 9.17) is 0 Å². The highest BCUT2D eigenvalue weighted by Gasteiger charge is 2.20. The van der Waals surface area contributed by atoms with Crippen molar-refractivity contribution in [1.82, 2.24) is 25.0 Å². The quantitative estimate of drug-likeness (QED) is 0.426. The van der Waals surface area contributed by atoms with Crippen LogP contribution in [-0.2, 0) is 6.42 Å². The number of amides is 2. The molecule has 4 aromatic rings. The minimum absolute atomic E-state index is 0.184. The average Bonchev–Trinajstić information content (AvgIpc) is 3.34. The van der Waals surface area contributed by atoms with Crippen molar-refractivity contribution in [3.8, 4) is 0 Å². The number of hydrogen-bond donors (Lipinski definition) is 3. The first-order valence-electron chi connectivity index (χ1n) is 9.38. The van der Waals surface area contributed by atoms with Gasteiger partial charge >= 0.3 is 0 Å². The van der Waals surface area contributed by atoms with Crippen LogP contribution >= 0.6 is 0 Å². The Morgan fingerprint density at radius 1 is 1.10 bits per heavy atom. The lowest BCUT2D eigenvalue weighted by atomic mass is 10.1. The Hall–Kier alpha value is -3.87. The summed E-state index contributed by atoms with van der Waals surface area (Å²) in [6, 6.07) is 13.4. The fraction of sp³-hybridized carbons (Fsp3) is 0.136. The van der Waals surface area contributed by atoms with Crippen LogP contribution in [-0.4, -0.2) is 39.3 Å². The maximum absolute atomic E-state index is 12.8. The Labute approximate surface area is 167 Å². The molecule has 3 heterocycles. The topological polar surface area (TPSA) is 91.3 Å². The number of carbonyl (C=O) groups excluding carboxylic acids is 2. The maximum Gasteiger partial charge on any atom is 0.287 e. The number of para-hydroxylation sites is 1. The van der Waals surface area contributed by atoms with Gasteiger partial charge in [-0.05, 0) is 30.2 Å². The summed E-state index contributed by atoms with van der Waals surface area (Å²) in [6.45, 7) is 4.38. The Balaban J connectivity index is 1.51. The van der Waals surface area contributed by atoms with Gasteiger partial charge < -0.3 is 15.6 Å². The molecule has 7 nitrogen and oxygen atoms in total. The number of nitrogens with one attached hydrogen (secondary N) is 3. The minimum atomic E-state index is -0.341. The second kappa shape index (κ2) is 8.02. The molecule has 0 bridgehead atoms. The van der Waals surface area contributed by atoms with Gasteiger partial charge in [-0.3, -0.25) is 14.0 Å². The lowest BCUT2D eigenvalue weighted by Gasteiger charge is -2.04. The molecule has 0 spiro atoms. The summed E-state index contributed by atoms with van der Waals surface area (Å²) >= 11 is 0. The molecule has 2 amide bonds. The number of imidazole rings is 1. The van der Waals surface area contributed by atoms with Gasteiger partial charge in [-0.1, -0.05) is 30.3 Å². The predicted octanol–water partition coefficient (Wildman–Crippen LogP) is 2.70. The van der Waals surface area contributed by atoms with Gasteiger partial charge in [-0.25, -0.2) is 4.98 Å². The summed E-state index contributed by atoms with van der Waals surface area (Å²) in [7, 11) is 0. The van der Waals surface area contributed by atoms with Gasteiger partial charge in [0.25, 0.3) is 11.8 Å². The fourth-order valence-corrected chi connectivity index (χ4v) is 3.34. The molecule has 0 aliphatic heterocycles. The van der Waals surface area contributed by atoms with Gasteiger partial charge in [0.1, 0.15) is 0 Å². The number of H-pyrrole nitrogens is 1. The second-order valence-corrected chi connectivity index (χ2v) is 6.60. The zero-order valence-corrected chi connectivity index (χ0v) is 15.8. The van der Waals surface area contributed by atoms with E-state index >= 15 is 0 Å². The molecule has 0 aliphatic rings. The molecule has 29 heavy (non-hydrogen) atoms. The van der Waals surface area contributed by atoms with Gasteiger partial charge in [0.15, 0.2) is 5.69 Å². The number of pyridine rings is 1. The summed E-state index contributed by atoms with van der Waals surface area (Å²) in [5.41, 5.74) is 3.01. The third-order valence-electron chi connectivity index (χ3n) is 4.73. The number of rotatable bonds is 7. The van der Waals surface area contributed by atoms with Gasteiger partial charge in [-0.15, -0.1) is 6.58 Å². The molecule has 0 aliphatic carbocycles. The first kappa shape index (κ1) is 18.5. The van der Waals surface area contributed by atoms with Crippen LogP contribution in [0.25, 0.3) is 16.4 Å². The molecule has 4 rings (SSSR count). The van der Waals surface area contributed by atoms with E-state index in [2.05, 4.69) is 33.2 Å². The van der Waals surface area contributed by atoms with Crippen molar-refractivity contribution in [3.05, 3.63) is 84.6 Å². The van der Waals surface area contributed by atoms with Crippen LogP contribution in [0.5, 0.6) is 0 Å². The van der Waals surface area contributed by atoms with Crippen LogP contribution in [0.3, 0.4) is 0 Å². The largest absolute Gasteiger partial charge is 0.361 e. The van der Waals surface area contributed by atoms with E-state index in [9.17, 15) is 9.59 Å². The fourth-order valence-electron chi connectivity index (χ4n) is 3.34. The summed E-state index contributed by atoms with van der Waals surface area (Å²) in [6.07, 6.45) is 5.96. The van der Waals surface area contributed by atoms with Crippen molar-refractivity contribution in [2.75, 3.05) is 13.1 Å². The van der Waals surface area contributed by atoms with Crippen LogP contribution in [0, 0.1) is 0 Å². The highest BCUT2D eigenvalue weighted by Crippen LogP contribution is 2.18. The summed E-state index contributed by atoms with van der Waals surface area (Å²) in [5, 5.41) is 6.76. The third-order valence-corrected chi connectivity index (χ3v) is 4.73. The van der Waals surface area contributed by atoms with Crippen molar-refractivity contribution < 1.29 is 9.59 Å². The standard InChI is InChI=1S/C22H21N5O2/c1-2-11-23-21(28)19-18-9-5-6-13-27(18)20(26-19)22(29)24-12-10-15-14-25-17-8-4-3-7-16(15)17/h2-9,13-14,25H,1,10-12H2,(H,23,28)(H,24,29). The van der Waals surface area contributed by atoms with E-state index in [1.165, 1.54) is 0 Å². The van der Waals surface area contributed by atoms with E-state index in [1.54, 1.807) is 34.9 Å². The summed E-state index contributed by atoms with van der Waals surface area (Å²) in [4.78, 5) is 32.7. The van der Waals surface area contributed by atoms with Crippen LogP contribution in [0.2, 0.25) is 0 Å². The Bertz CT molecular complexity index is 1200. The third kappa shape index (κ3) is 3.62. The molecule has 0 fully saturated rings. The predicted molar refractivity (Wildman–Crippen MR) is 112 cm³/mol. The van der Waals surface area contributed by atoms with Crippen LogP contribution in [0.15, 0.2) is 67.5 Å². The number of aromatic amines is 1. The molecular weight excluding hydrogens is 366 g/mol. The lowest BCUT2D eigenvalue weighted by Crippen LogP contribution is -2.28. The van der Waals surface area contributed by atoms with Crippen LogP contribution in [0.1, 0.15) is 26.7 Å². The van der Waals surface area contributed by atoms with Crippen molar-refractivity contribution in [2.24, 2.45) is 0 Å². The molecule has 3 N–H and O–H groups in total. The molecule has 7 heteroatoms. The number of carbonyl (C=O) groups is 2. The molecule has 146 valence electrons. The molecular formula is C22H21N5O2. The van der Waals surface area contributed by atoms with Gasteiger partial charge in [0.05, 0.1) is 5.52 Å². The molecule has 1 aromatic carbocycles. The Kier molecular flexibility index (Phi) is 5.11. The Morgan fingerprint density at radius 3 is 2.79 bits per heavy atom. The van der Waals surface area contributed by atoms with E-state index in [1.807, 2.05) is 24.4 Å². The zero-order valence-electron chi connectivity index (χ0n) is 15.8. The zero-order chi connectivity index (χ0) is 20.2. The number of fused-ring (bicyclic) bond motifs is 2. The second-order valence-electron chi connectivity index (χ2n) is 6.60. The monoisotopic (exact) mass is 387 g/mol. The summed E-state index contributed by atoms with van der Waals surface area (Å²) < 4.78 is 1.63. The molecule has 3 aromatic heterocycles. The number of nitrogens with zero attached hydrogens (tertiary/aromatic N) is 2. The van der Waals surface area contributed by atoms with Crippen molar-refractivity contribution in [2.45, 2.75) is 6.42 Å². The SMILES string of the molecule is C=CCNC(=O)c1nc(C(=O)NCCc2c[nH]c3ccccc23)n2ccccc12. The Morgan fingerprint density at radius 2 is 1.93 bits per heavy atom. The first-order chi connectivity index (χ1) is 14.2. The van der Waals surface area contributed by atoms with Crippen molar-refractivity contribution in [3.63, 3.8) is 0 Å². The van der Waals surface area contributed by atoms with E-state index < -0.39 is 0 Å². The first-order valence-corrected chi connectivity index (χ1v) is 9.38. The summed E-state index contributed by atoms with van der Waals surface area (Å²) in [5.74, 6) is -0.483. The number of aromatic nitrogens is 3. The van der Waals surface area contributed by atoms with Crippen molar-refractivity contribution in [1.29, 1.82) is 0 Å². The van der Waals surface area contributed by atoms with Crippen molar-refractivity contribution >= 4 is 28.2 Å². The normalized spacial score (nSPS) is 10.9. The maximum atomic E-state index is 12.8. The van der Waals surface area contributed by atoms with E-state index in [0.29, 0.717) is 25.0 Å². The van der Waals surface area contributed by atoms with Crippen LogP contribution < -0.4 is 10.6 Å². The molecule has 0 radical (unpaired) electrons. The number of hydrogen-bond acceptors (Lipinski definition) is 3. The smallest absolute Gasteiger partial charge is 0.287 e. The van der Waals surface area contributed by atoms with E-state index in [-0.39, 0.29) is 23.3 Å². The minimum Gasteiger partial charge on any atom is -0.361 e.